The van der Waals surface area contributed by atoms with E-state index in [0.717, 1.165) is 37.3 Å². The van der Waals surface area contributed by atoms with Gasteiger partial charge in [0.05, 0.1) is 11.6 Å². The molecule has 3 nitrogen and oxygen atoms in total. The van der Waals surface area contributed by atoms with Crippen LogP contribution >= 0.6 is 11.6 Å². The zero-order valence-corrected chi connectivity index (χ0v) is 13.7. The first-order valence-electron chi connectivity index (χ1n) is 7.07. The highest BCUT2D eigenvalue weighted by Gasteiger charge is 2.09. The van der Waals surface area contributed by atoms with E-state index < -0.39 is 0 Å². The molecular weight excluding hydrogens is 274 g/mol. The van der Waals surface area contributed by atoms with Gasteiger partial charge in [0, 0.05) is 25.8 Å². The highest BCUT2D eigenvalue weighted by atomic mass is 35.5. The Hall–Kier alpha value is -0.770. The summed E-state index contributed by atoms with van der Waals surface area (Å²) in [6.07, 6.45) is 1.97. The van der Waals surface area contributed by atoms with Crippen LogP contribution in [0.5, 0.6) is 5.75 Å². The molecule has 0 spiro atoms. The lowest BCUT2D eigenvalue weighted by Gasteiger charge is -2.20. The molecule has 1 aromatic rings. The van der Waals surface area contributed by atoms with E-state index in [1.807, 2.05) is 12.1 Å². The van der Waals surface area contributed by atoms with Crippen molar-refractivity contribution < 1.29 is 9.47 Å². The Morgan fingerprint density at radius 3 is 2.45 bits per heavy atom. The van der Waals surface area contributed by atoms with Crippen molar-refractivity contribution >= 4 is 11.6 Å². The Kier molecular flexibility index (Phi) is 7.35. The first kappa shape index (κ1) is 17.3. The fourth-order valence-electron chi connectivity index (χ4n) is 1.67. The second-order valence-electron chi connectivity index (χ2n) is 5.92. The highest BCUT2D eigenvalue weighted by Crippen LogP contribution is 2.25. The lowest BCUT2D eigenvalue weighted by Crippen LogP contribution is -2.35. The van der Waals surface area contributed by atoms with Gasteiger partial charge in [-0.2, -0.15) is 0 Å². The molecular formula is C16H26ClNO2. The molecule has 4 heteroatoms. The van der Waals surface area contributed by atoms with Crippen molar-refractivity contribution in [1.82, 2.24) is 5.32 Å². The molecule has 0 amide bonds. The molecule has 0 atom stereocenters. The van der Waals surface area contributed by atoms with Gasteiger partial charge in [0.2, 0.25) is 0 Å². The molecule has 0 heterocycles. The van der Waals surface area contributed by atoms with Crippen LogP contribution < -0.4 is 10.1 Å². The zero-order valence-electron chi connectivity index (χ0n) is 13.0. The van der Waals surface area contributed by atoms with E-state index in [4.69, 9.17) is 21.1 Å². The summed E-state index contributed by atoms with van der Waals surface area (Å²) in [5, 5.41) is 4.11. The van der Waals surface area contributed by atoms with Crippen LogP contribution in [0.1, 0.15) is 39.2 Å². The number of benzene rings is 1. The fraction of sp³-hybridized carbons (Fsp3) is 0.625. The summed E-state index contributed by atoms with van der Waals surface area (Å²) in [5.74, 6) is 0.753. The predicted molar refractivity (Wildman–Crippen MR) is 84.6 cm³/mol. The molecule has 0 fully saturated rings. The van der Waals surface area contributed by atoms with Gasteiger partial charge in [-0.3, -0.25) is 0 Å². The van der Waals surface area contributed by atoms with E-state index in [1.165, 1.54) is 0 Å². The van der Waals surface area contributed by atoms with Gasteiger partial charge in [-0.05, 0) is 51.3 Å². The number of nitrogens with one attached hydrogen (secondary N) is 1. The number of rotatable bonds is 8. The molecule has 1 N–H and O–H groups in total. The Morgan fingerprint density at radius 1 is 1.15 bits per heavy atom. The predicted octanol–water partition coefficient (Wildman–Crippen LogP) is 4.03. The molecule has 0 aromatic heterocycles. The van der Waals surface area contributed by atoms with Crippen LogP contribution in [-0.2, 0) is 11.3 Å². The van der Waals surface area contributed by atoms with Crippen LogP contribution in [0.3, 0.4) is 0 Å². The van der Waals surface area contributed by atoms with Crippen molar-refractivity contribution in [3.8, 4) is 5.75 Å². The average Bonchev–Trinajstić information content (AvgIpc) is 2.37. The number of ether oxygens (including phenoxy) is 2. The van der Waals surface area contributed by atoms with Gasteiger partial charge >= 0.3 is 0 Å². The SMILES string of the molecule is COCCCCOc1ccc(CNC(C)(C)C)cc1Cl. The second kappa shape index (κ2) is 8.50. The molecule has 20 heavy (non-hydrogen) atoms. The van der Waals surface area contributed by atoms with E-state index in [9.17, 15) is 0 Å². The van der Waals surface area contributed by atoms with Crippen molar-refractivity contribution in [2.45, 2.75) is 45.7 Å². The Bertz CT molecular complexity index is 402. The maximum absolute atomic E-state index is 6.24. The molecule has 0 radical (unpaired) electrons. The topological polar surface area (TPSA) is 30.5 Å². The minimum Gasteiger partial charge on any atom is -0.492 e. The Labute approximate surface area is 127 Å². The molecule has 0 saturated carbocycles. The third kappa shape index (κ3) is 7.13. The van der Waals surface area contributed by atoms with E-state index >= 15 is 0 Å². The quantitative estimate of drug-likeness (QED) is 0.735. The number of unbranched alkanes of at least 4 members (excludes halogenated alkanes) is 1. The smallest absolute Gasteiger partial charge is 0.137 e. The third-order valence-corrected chi connectivity index (χ3v) is 3.11. The van der Waals surface area contributed by atoms with Gasteiger partial charge < -0.3 is 14.8 Å². The molecule has 0 unspecified atom stereocenters. The standard InChI is InChI=1S/C16H26ClNO2/c1-16(2,3)18-12-13-7-8-15(14(17)11-13)20-10-6-5-9-19-4/h7-8,11,18H,5-6,9-10,12H2,1-4H3. The van der Waals surface area contributed by atoms with E-state index in [1.54, 1.807) is 7.11 Å². The summed E-state index contributed by atoms with van der Waals surface area (Å²) >= 11 is 6.24. The average molecular weight is 300 g/mol. The van der Waals surface area contributed by atoms with Crippen LogP contribution in [0.15, 0.2) is 18.2 Å². The van der Waals surface area contributed by atoms with Gasteiger partial charge in [-0.1, -0.05) is 17.7 Å². The van der Waals surface area contributed by atoms with Crippen molar-refractivity contribution in [3.63, 3.8) is 0 Å². The highest BCUT2D eigenvalue weighted by molar-refractivity contribution is 6.32. The summed E-state index contributed by atoms with van der Waals surface area (Å²) in [6, 6.07) is 5.96. The van der Waals surface area contributed by atoms with Crippen LogP contribution in [0.25, 0.3) is 0 Å². The maximum atomic E-state index is 6.24. The third-order valence-electron chi connectivity index (χ3n) is 2.82. The molecule has 1 rings (SSSR count). The summed E-state index contributed by atoms with van der Waals surface area (Å²) in [4.78, 5) is 0. The summed E-state index contributed by atoms with van der Waals surface area (Å²) in [7, 11) is 1.71. The minimum absolute atomic E-state index is 0.100. The van der Waals surface area contributed by atoms with Gasteiger partial charge in [0.1, 0.15) is 5.75 Å². The van der Waals surface area contributed by atoms with Gasteiger partial charge in [0.15, 0.2) is 0 Å². The van der Waals surface area contributed by atoms with Crippen molar-refractivity contribution in [3.05, 3.63) is 28.8 Å². The lowest BCUT2D eigenvalue weighted by atomic mass is 10.1. The summed E-state index contributed by atoms with van der Waals surface area (Å²) in [5.41, 5.74) is 1.26. The van der Waals surface area contributed by atoms with Crippen molar-refractivity contribution in [1.29, 1.82) is 0 Å². The molecule has 1 aromatic carbocycles. The normalized spacial score (nSPS) is 11.7. The largest absolute Gasteiger partial charge is 0.492 e. The Morgan fingerprint density at radius 2 is 1.85 bits per heavy atom. The van der Waals surface area contributed by atoms with Gasteiger partial charge in [-0.25, -0.2) is 0 Å². The van der Waals surface area contributed by atoms with Crippen molar-refractivity contribution in [2.75, 3.05) is 20.3 Å². The molecule has 0 saturated heterocycles. The van der Waals surface area contributed by atoms with E-state index in [2.05, 4.69) is 32.2 Å². The molecule has 114 valence electrons. The number of halogens is 1. The fourth-order valence-corrected chi connectivity index (χ4v) is 1.93. The second-order valence-corrected chi connectivity index (χ2v) is 6.32. The van der Waals surface area contributed by atoms with Crippen LogP contribution in [0, 0.1) is 0 Å². The zero-order chi connectivity index (χ0) is 15.0. The Balaban J connectivity index is 2.43. The van der Waals surface area contributed by atoms with E-state index in [0.29, 0.717) is 11.6 Å². The summed E-state index contributed by atoms with van der Waals surface area (Å²) < 4.78 is 10.7. The van der Waals surface area contributed by atoms with Crippen molar-refractivity contribution in [2.24, 2.45) is 0 Å². The first-order chi connectivity index (χ1) is 9.42. The molecule has 0 aliphatic carbocycles. The van der Waals surface area contributed by atoms with Crippen LogP contribution in [0.4, 0.5) is 0 Å². The lowest BCUT2D eigenvalue weighted by molar-refractivity contribution is 0.184. The van der Waals surface area contributed by atoms with Gasteiger partial charge in [-0.15, -0.1) is 0 Å². The maximum Gasteiger partial charge on any atom is 0.137 e. The minimum atomic E-state index is 0.100. The molecule has 0 aliphatic heterocycles. The van der Waals surface area contributed by atoms with E-state index in [-0.39, 0.29) is 5.54 Å². The van der Waals surface area contributed by atoms with Crippen LogP contribution in [-0.4, -0.2) is 25.9 Å². The number of methoxy groups -OCH3 is 1. The summed E-state index contributed by atoms with van der Waals surface area (Å²) in [6.45, 7) is 8.68. The van der Waals surface area contributed by atoms with Crippen LogP contribution in [0.2, 0.25) is 5.02 Å². The first-order valence-corrected chi connectivity index (χ1v) is 7.45. The number of hydrogen-bond acceptors (Lipinski definition) is 3. The number of hydrogen-bond donors (Lipinski definition) is 1. The molecule has 0 bridgehead atoms. The monoisotopic (exact) mass is 299 g/mol. The van der Waals surface area contributed by atoms with Gasteiger partial charge in [0.25, 0.3) is 0 Å². The molecule has 0 aliphatic rings.